The van der Waals surface area contributed by atoms with Crippen LogP contribution in [0.2, 0.25) is 0 Å². The maximum atomic E-state index is 3.66. The van der Waals surface area contributed by atoms with Gasteiger partial charge in [0.05, 0.1) is 0 Å². The molecule has 2 heteroatoms. The quantitative estimate of drug-likeness (QED) is 0.536. The van der Waals surface area contributed by atoms with Crippen LogP contribution in [-0.2, 0) is 6.42 Å². The summed E-state index contributed by atoms with van der Waals surface area (Å²) < 4.78 is 1.19. The van der Waals surface area contributed by atoms with E-state index in [1.165, 1.54) is 35.7 Å². The lowest BCUT2D eigenvalue weighted by Gasteiger charge is -2.19. The maximum Gasteiger partial charge on any atom is 0.0177 e. The molecule has 0 nitrogen and oxygen atoms in total. The van der Waals surface area contributed by atoms with Crippen molar-refractivity contribution in [3.63, 3.8) is 0 Å². The number of halogens is 2. The average Bonchev–Trinajstić information content (AvgIpc) is 2.28. The van der Waals surface area contributed by atoms with Gasteiger partial charge in [-0.05, 0) is 42.4 Å². The summed E-state index contributed by atoms with van der Waals surface area (Å²) in [6.45, 7) is 4.65. The third kappa shape index (κ3) is 6.05. The fourth-order valence-corrected chi connectivity index (χ4v) is 3.32. The molecule has 0 fully saturated rings. The van der Waals surface area contributed by atoms with Crippen LogP contribution in [-0.4, -0.2) is 5.33 Å². The summed E-state index contributed by atoms with van der Waals surface area (Å²) in [5, 5.41) is 1.10. The minimum Gasteiger partial charge on any atom is -0.0925 e. The molecule has 96 valence electrons. The predicted octanol–water partition coefficient (Wildman–Crippen LogP) is 5.83. The number of benzene rings is 1. The van der Waals surface area contributed by atoms with E-state index in [0.717, 1.165) is 17.2 Å². The second-order valence-corrected chi connectivity index (χ2v) is 6.55. The molecule has 1 aromatic carbocycles. The van der Waals surface area contributed by atoms with Crippen LogP contribution < -0.4 is 0 Å². The van der Waals surface area contributed by atoms with Crippen LogP contribution >= 0.6 is 31.9 Å². The minimum absolute atomic E-state index is 0.755. The molecular weight excluding hydrogens is 340 g/mol. The zero-order valence-electron chi connectivity index (χ0n) is 10.8. The highest BCUT2D eigenvalue weighted by Gasteiger charge is 2.12. The van der Waals surface area contributed by atoms with Gasteiger partial charge in [0.2, 0.25) is 0 Å². The molecule has 0 aliphatic rings. The summed E-state index contributed by atoms with van der Waals surface area (Å²) in [6.07, 6.45) is 5.15. The molecule has 0 spiro atoms. The lowest BCUT2D eigenvalue weighted by Crippen LogP contribution is -2.11. The van der Waals surface area contributed by atoms with Crippen molar-refractivity contribution in [3.05, 3.63) is 34.3 Å². The second-order valence-electron chi connectivity index (χ2n) is 4.98. The van der Waals surface area contributed by atoms with E-state index in [4.69, 9.17) is 0 Å². The lowest BCUT2D eigenvalue weighted by atomic mass is 9.89. The van der Waals surface area contributed by atoms with Crippen molar-refractivity contribution in [3.8, 4) is 0 Å². The van der Waals surface area contributed by atoms with Crippen LogP contribution in [0.25, 0.3) is 0 Å². The highest BCUT2D eigenvalue weighted by molar-refractivity contribution is 9.10. The van der Waals surface area contributed by atoms with Crippen molar-refractivity contribution < 1.29 is 0 Å². The zero-order valence-corrected chi connectivity index (χ0v) is 13.9. The average molecular weight is 362 g/mol. The van der Waals surface area contributed by atoms with E-state index in [1.807, 2.05) is 0 Å². The summed E-state index contributed by atoms with van der Waals surface area (Å²) in [6, 6.07) is 8.68. The number of rotatable bonds is 7. The number of alkyl halides is 1. The topological polar surface area (TPSA) is 0 Å². The summed E-state index contributed by atoms with van der Waals surface area (Å²) in [7, 11) is 0. The van der Waals surface area contributed by atoms with Gasteiger partial charge in [0.15, 0.2) is 0 Å². The molecule has 17 heavy (non-hydrogen) atoms. The van der Waals surface area contributed by atoms with E-state index in [1.54, 1.807) is 0 Å². The molecule has 0 radical (unpaired) electrons. The van der Waals surface area contributed by atoms with Crippen LogP contribution in [0.3, 0.4) is 0 Å². The van der Waals surface area contributed by atoms with Gasteiger partial charge >= 0.3 is 0 Å². The molecule has 0 aliphatic carbocycles. The Morgan fingerprint density at radius 2 is 2.06 bits per heavy atom. The molecule has 0 amide bonds. The van der Waals surface area contributed by atoms with E-state index in [0.29, 0.717) is 0 Å². The molecule has 0 bridgehead atoms. The zero-order chi connectivity index (χ0) is 12.7. The van der Waals surface area contributed by atoms with E-state index in [2.05, 4.69) is 70.0 Å². The first kappa shape index (κ1) is 15.2. The molecule has 1 aromatic rings. The SMILES string of the molecule is CCCC(C)CC(CBr)Cc1cccc(Br)c1. The van der Waals surface area contributed by atoms with Gasteiger partial charge in [-0.3, -0.25) is 0 Å². The molecule has 0 N–H and O–H groups in total. The standard InChI is InChI=1S/C15H22Br2/c1-3-5-12(2)8-14(11-16)9-13-6-4-7-15(17)10-13/h4,6-7,10,12,14H,3,5,8-9,11H2,1-2H3. The Bertz CT molecular complexity index is 322. The second kappa shape index (κ2) is 8.31. The van der Waals surface area contributed by atoms with Crippen molar-refractivity contribution >= 4 is 31.9 Å². The van der Waals surface area contributed by atoms with E-state index < -0.39 is 0 Å². The van der Waals surface area contributed by atoms with Gasteiger partial charge in [-0.1, -0.05) is 70.7 Å². The van der Waals surface area contributed by atoms with Gasteiger partial charge in [-0.15, -0.1) is 0 Å². The largest absolute Gasteiger partial charge is 0.0925 e. The first-order valence-electron chi connectivity index (χ1n) is 6.46. The monoisotopic (exact) mass is 360 g/mol. The molecule has 0 aliphatic heterocycles. The Morgan fingerprint density at radius 1 is 1.29 bits per heavy atom. The summed E-state index contributed by atoms with van der Waals surface area (Å²) in [5.41, 5.74) is 1.44. The van der Waals surface area contributed by atoms with Crippen molar-refractivity contribution in [1.29, 1.82) is 0 Å². The van der Waals surface area contributed by atoms with Crippen LogP contribution in [0, 0.1) is 11.8 Å². The molecule has 0 aromatic heterocycles. The minimum atomic E-state index is 0.755. The van der Waals surface area contributed by atoms with Crippen molar-refractivity contribution in [2.24, 2.45) is 11.8 Å². The number of hydrogen-bond donors (Lipinski definition) is 0. The summed E-state index contributed by atoms with van der Waals surface area (Å²) in [4.78, 5) is 0. The number of hydrogen-bond acceptors (Lipinski definition) is 0. The summed E-state index contributed by atoms with van der Waals surface area (Å²) >= 11 is 7.20. The van der Waals surface area contributed by atoms with Gasteiger partial charge in [0, 0.05) is 9.80 Å². The van der Waals surface area contributed by atoms with Crippen LogP contribution in [0.4, 0.5) is 0 Å². The first-order chi connectivity index (χ1) is 8.15. The maximum absolute atomic E-state index is 3.66. The molecule has 0 heterocycles. The highest BCUT2D eigenvalue weighted by Crippen LogP contribution is 2.23. The third-order valence-corrected chi connectivity index (χ3v) is 4.56. The Hall–Kier alpha value is 0.180. The highest BCUT2D eigenvalue weighted by atomic mass is 79.9. The first-order valence-corrected chi connectivity index (χ1v) is 8.37. The van der Waals surface area contributed by atoms with Crippen LogP contribution in [0.15, 0.2) is 28.7 Å². The van der Waals surface area contributed by atoms with Crippen molar-refractivity contribution in [1.82, 2.24) is 0 Å². The molecule has 0 saturated carbocycles. The molecular formula is C15H22Br2. The van der Waals surface area contributed by atoms with Gasteiger partial charge in [0.1, 0.15) is 0 Å². The molecule has 2 unspecified atom stereocenters. The van der Waals surface area contributed by atoms with Gasteiger partial charge in [-0.25, -0.2) is 0 Å². The molecule has 2 atom stereocenters. The Balaban J connectivity index is 2.51. The fourth-order valence-electron chi connectivity index (χ4n) is 2.38. The normalized spacial score (nSPS) is 14.6. The Labute approximate surface area is 122 Å². The Kier molecular flexibility index (Phi) is 7.45. The van der Waals surface area contributed by atoms with Gasteiger partial charge < -0.3 is 0 Å². The van der Waals surface area contributed by atoms with E-state index in [9.17, 15) is 0 Å². The van der Waals surface area contributed by atoms with E-state index >= 15 is 0 Å². The fraction of sp³-hybridized carbons (Fsp3) is 0.600. The van der Waals surface area contributed by atoms with E-state index in [-0.39, 0.29) is 0 Å². The summed E-state index contributed by atoms with van der Waals surface area (Å²) in [5.74, 6) is 1.60. The van der Waals surface area contributed by atoms with Gasteiger partial charge in [0.25, 0.3) is 0 Å². The molecule has 0 saturated heterocycles. The molecule has 1 rings (SSSR count). The van der Waals surface area contributed by atoms with Crippen LogP contribution in [0.5, 0.6) is 0 Å². The van der Waals surface area contributed by atoms with Gasteiger partial charge in [-0.2, -0.15) is 0 Å². The third-order valence-electron chi connectivity index (χ3n) is 3.15. The Morgan fingerprint density at radius 3 is 2.65 bits per heavy atom. The lowest BCUT2D eigenvalue weighted by molar-refractivity contribution is 0.396. The van der Waals surface area contributed by atoms with Crippen molar-refractivity contribution in [2.45, 2.75) is 39.5 Å². The van der Waals surface area contributed by atoms with Crippen LogP contribution in [0.1, 0.15) is 38.7 Å². The predicted molar refractivity (Wildman–Crippen MR) is 83.8 cm³/mol. The van der Waals surface area contributed by atoms with Crippen molar-refractivity contribution in [2.75, 3.05) is 5.33 Å². The smallest absolute Gasteiger partial charge is 0.0177 e.